The molecule has 0 atom stereocenters. The minimum Gasteiger partial charge on any atom is -0.343 e. The van der Waals surface area contributed by atoms with Crippen LogP contribution in [0.15, 0.2) is 24.3 Å². The van der Waals surface area contributed by atoms with E-state index in [0.717, 1.165) is 47.7 Å². The molecule has 1 amide bonds. The average Bonchev–Trinajstić information content (AvgIpc) is 2.53. The number of hydrogen-bond donors (Lipinski definition) is 0. The number of rotatable bonds is 9. The second-order valence-corrected chi connectivity index (χ2v) is 7.92. The summed E-state index contributed by atoms with van der Waals surface area (Å²) in [7, 11) is -3.73. The van der Waals surface area contributed by atoms with Crippen LogP contribution < -0.4 is 4.31 Å². The largest absolute Gasteiger partial charge is 0.416 e. The lowest BCUT2D eigenvalue weighted by Gasteiger charge is -2.25. The van der Waals surface area contributed by atoms with E-state index in [0.29, 0.717) is 13.1 Å². The lowest BCUT2D eigenvalue weighted by molar-refractivity contribution is -0.137. The number of anilines is 1. The minimum atomic E-state index is -4.49. The number of sulfonamides is 1. The Morgan fingerprint density at radius 2 is 1.50 bits per heavy atom. The fraction of sp³-hybridized carbons (Fsp3) is 0.588. The predicted octanol–water partition coefficient (Wildman–Crippen LogP) is 3.51. The van der Waals surface area contributed by atoms with Crippen LogP contribution in [0, 0.1) is 0 Å². The Morgan fingerprint density at radius 1 is 1.00 bits per heavy atom. The maximum absolute atomic E-state index is 12.7. The van der Waals surface area contributed by atoms with Gasteiger partial charge in [-0.15, -0.1) is 0 Å². The molecule has 9 heteroatoms. The van der Waals surface area contributed by atoms with Gasteiger partial charge in [-0.3, -0.25) is 9.10 Å². The van der Waals surface area contributed by atoms with Gasteiger partial charge in [-0.1, -0.05) is 13.8 Å². The highest BCUT2D eigenvalue weighted by atomic mass is 32.2. The standard InChI is InChI=1S/C17H25F3N2O3S/c1-4-11-21(12-5-2)16(23)10-13-22(26(3,24)25)15-8-6-14(7-9-15)17(18,19)20/h6-9H,4-5,10-13H2,1-3H3. The molecule has 1 aromatic rings. The first-order chi connectivity index (χ1) is 12.0. The summed E-state index contributed by atoms with van der Waals surface area (Å²) in [4.78, 5) is 14.0. The van der Waals surface area contributed by atoms with Crippen LogP contribution in [0.2, 0.25) is 0 Å². The van der Waals surface area contributed by atoms with Gasteiger partial charge in [0.15, 0.2) is 0 Å². The molecule has 0 spiro atoms. The molecule has 1 rings (SSSR count). The van der Waals surface area contributed by atoms with Gasteiger partial charge in [0, 0.05) is 26.1 Å². The van der Waals surface area contributed by atoms with E-state index in [-0.39, 0.29) is 24.6 Å². The highest BCUT2D eigenvalue weighted by Gasteiger charge is 2.30. The smallest absolute Gasteiger partial charge is 0.343 e. The molecule has 148 valence electrons. The van der Waals surface area contributed by atoms with E-state index in [1.807, 2.05) is 13.8 Å². The number of alkyl halides is 3. The van der Waals surface area contributed by atoms with Crippen molar-refractivity contribution in [3.63, 3.8) is 0 Å². The Morgan fingerprint density at radius 3 is 1.88 bits per heavy atom. The number of benzene rings is 1. The molecule has 0 aromatic heterocycles. The fourth-order valence-electron chi connectivity index (χ4n) is 2.56. The summed E-state index contributed by atoms with van der Waals surface area (Å²) in [5.41, 5.74) is -0.756. The van der Waals surface area contributed by atoms with E-state index < -0.39 is 21.8 Å². The van der Waals surface area contributed by atoms with Crippen molar-refractivity contribution in [3.8, 4) is 0 Å². The van der Waals surface area contributed by atoms with E-state index in [4.69, 9.17) is 0 Å². The maximum Gasteiger partial charge on any atom is 0.416 e. The van der Waals surface area contributed by atoms with Crippen molar-refractivity contribution in [1.82, 2.24) is 4.90 Å². The number of carbonyl (C=O) groups excluding carboxylic acids is 1. The van der Waals surface area contributed by atoms with E-state index >= 15 is 0 Å². The Hall–Kier alpha value is -1.77. The molecular weight excluding hydrogens is 369 g/mol. The van der Waals surface area contributed by atoms with Gasteiger partial charge in [-0.25, -0.2) is 8.42 Å². The Kier molecular flexibility index (Phi) is 7.92. The Labute approximate surface area is 152 Å². The topological polar surface area (TPSA) is 57.7 Å². The first kappa shape index (κ1) is 22.3. The van der Waals surface area contributed by atoms with Crippen molar-refractivity contribution < 1.29 is 26.4 Å². The molecule has 1 aromatic carbocycles. The molecule has 0 saturated heterocycles. The molecule has 0 aliphatic carbocycles. The van der Waals surface area contributed by atoms with Gasteiger partial charge >= 0.3 is 6.18 Å². The lowest BCUT2D eigenvalue weighted by Crippen LogP contribution is -2.37. The summed E-state index contributed by atoms with van der Waals surface area (Å²) in [5, 5.41) is 0. The van der Waals surface area contributed by atoms with Crippen molar-refractivity contribution in [3.05, 3.63) is 29.8 Å². The van der Waals surface area contributed by atoms with E-state index in [1.54, 1.807) is 4.90 Å². The highest BCUT2D eigenvalue weighted by molar-refractivity contribution is 7.92. The van der Waals surface area contributed by atoms with Gasteiger partial charge in [-0.05, 0) is 37.1 Å². The van der Waals surface area contributed by atoms with E-state index in [9.17, 15) is 26.4 Å². The second-order valence-electron chi connectivity index (χ2n) is 6.01. The van der Waals surface area contributed by atoms with Crippen LogP contribution in [-0.2, 0) is 21.0 Å². The third-order valence-corrected chi connectivity index (χ3v) is 4.95. The molecule has 0 heterocycles. The van der Waals surface area contributed by atoms with E-state index in [2.05, 4.69) is 0 Å². The molecule has 0 radical (unpaired) electrons. The summed E-state index contributed by atoms with van der Waals surface area (Å²) in [6.45, 7) is 4.95. The summed E-state index contributed by atoms with van der Waals surface area (Å²) in [6.07, 6.45) is -1.98. The van der Waals surface area contributed by atoms with Crippen molar-refractivity contribution >= 4 is 21.6 Å². The predicted molar refractivity (Wildman–Crippen MR) is 95.4 cm³/mol. The molecule has 0 bridgehead atoms. The third kappa shape index (κ3) is 6.51. The number of carbonyl (C=O) groups is 1. The van der Waals surface area contributed by atoms with Crippen molar-refractivity contribution in [2.75, 3.05) is 30.2 Å². The van der Waals surface area contributed by atoms with Crippen LogP contribution in [0.5, 0.6) is 0 Å². The highest BCUT2D eigenvalue weighted by Crippen LogP contribution is 2.31. The SMILES string of the molecule is CCCN(CCC)C(=O)CCN(c1ccc(C(F)(F)F)cc1)S(C)(=O)=O. The van der Waals surface area contributed by atoms with Crippen LogP contribution in [-0.4, -0.2) is 45.1 Å². The van der Waals surface area contributed by atoms with Gasteiger partial charge < -0.3 is 4.90 Å². The van der Waals surface area contributed by atoms with Gasteiger partial charge in [-0.2, -0.15) is 13.2 Å². The van der Waals surface area contributed by atoms with Crippen LogP contribution in [0.25, 0.3) is 0 Å². The summed E-state index contributed by atoms with van der Waals surface area (Å²) in [6, 6.07) is 3.86. The zero-order chi connectivity index (χ0) is 20.0. The van der Waals surface area contributed by atoms with Crippen molar-refractivity contribution in [1.29, 1.82) is 0 Å². The van der Waals surface area contributed by atoms with Crippen LogP contribution in [0.3, 0.4) is 0 Å². The number of halogens is 3. The molecule has 0 saturated carbocycles. The number of nitrogens with zero attached hydrogens (tertiary/aromatic N) is 2. The van der Waals surface area contributed by atoms with Gasteiger partial charge in [0.1, 0.15) is 0 Å². The number of hydrogen-bond acceptors (Lipinski definition) is 3. The summed E-state index contributed by atoms with van der Waals surface area (Å²) < 4.78 is 63.0. The lowest BCUT2D eigenvalue weighted by atomic mass is 10.2. The second kappa shape index (κ2) is 9.25. The molecule has 0 fully saturated rings. The third-order valence-electron chi connectivity index (χ3n) is 3.75. The maximum atomic E-state index is 12.7. The average molecular weight is 394 g/mol. The summed E-state index contributed by atoms with van der Waals surface area (Å²) in [5.74, 6) is -0.172. The summed E-state index contributed by atoms with van der Waals surface area (Å²) >= 11 is 0. The molecule has 0 aliphatic rings. The quantitative estimate of drug-likeness (QED) is 0.644. The Bertz CT molecular complexity index is 682. The first-order valence-corrected chi connectivity index (χ1v) is 10.3. The normalized spacial score (nSPS) is 12.1. The molecule has 0 unspecified atom stereocenters. The molecule has 26 heavy (non-hydrogen) atoms. The zero-order valence-electron chi connectivity index (χ0n) is 15.2. The van der Waals surface area contributed by atoms with Crippen molar-refractivity contribution in [2.45, 2.75) is 39.3 Å². The minimum absolute atomic E-state index is 0.0336. The van der Waals surface area contributed by atoms with Crippen LogP contribution in [0.4, 0.5) is 18.9 Å². The monoisotopic (exact) mass is 394 g/mol. The van der Waals surface area contributed by atoms with Gasteiger partial charge in [0.05, 0.1) is 17.5 Å². The first-order valence-electron chi connectivity index (χ1n) is 8.43. The molecule has 5 nitrogen and oxygen atoms in total. The number of amides is 1. The van der Waals surface area contributed by atoms with Gasteiger partial charge in [0.25, 0.3) is 0 Å². The Balaban J connectivity index is 2.94. The van der Waals surface area contributed by atoms with Crippen LogP contribution in [0.1, 0.15) is 38.7 Å². The molecule has 0 N–H and O–H groups in total. The van der Waals surface area contributed by atoms with Crippen molar-refractivity contribution in [2.24, 2.45) is 0 Å². The molecular formula is C17H25F3N2O3S. The van der Waals surface area contributed by atoms with Crippen LogP contribution >= 0.6 is 0 Å². The fourth-order valence-corrected chi connectivity index (χ4v) is 3.49. The molecule has 0 aliphatic heterocycles. The van der Waals surface area contributed by atoms with E-state index in [1.165, 1.54) is 0 Å². The van der Waals surface area contributed by atoms with Gasteiger partial charge in [0.2, 0.25) is 15.9 Å². The zero-order valence-corrected chi connectivity index (χ0v) is 16.0.